The minimum Gasteiger partial charge on any atom is -0.481 e. The van der Waals surface area contributed by atoms with Gasteiger partial charge in [0.05, 0.1) is 0 Å². The second-order valence-corrected chi connectivity index (χ2v) is 6.37. The number of hydrogen-bond donors (Lipinski definition) is 1. The predicted molar refractivity (Wildman–Crippen MR) is 74.3 cm³/mol. The van der Waals surface area contributed by atoms with Gasteiger partial charge in [-0.2, -0.15) is 0 Å². The van der Waals surface area contributed by atoms with Crippen molar-refractivity contribution >= 4 is 17.3 Å². The van der Waals surface area contributed by atoms with Crippen LogP contribution in [0.3, 0.4) is 0 Å². The van der Waals surface area contributed by atoms with Crippen LogP contribution in [0.15, 0.2) is 12.1 Å². The van der Waals surface area contributed by atoms with Crippen molar-refractivity contribution in [3.8, 4) is 0 Å². The molecule has 0 saturated carbocycles. The second kappa shape index (κ2) is 6.34. The molecular formula is C14H21NO2S. The molecule has 0 aromatic carbocycles. The highest BCUT2D eigenvalue weighted by Crippen LogP contribution is 2.26. The summed E-state index contributed by atoms with van der Waals surface area (Å²) in [6.45, 7) is 4.79. The first kappa shape index (κ1) is 13.6. The summed E-state index contributed by atoms with van der Waals surface area (Å²) in [5, 5.41) is 9.42. The molecule has 1 aliphatic rings. The number of carboxylic acid groups (broad SMARTS) is 1. The van der Waals surface area contributed by atoms with Crippen molar-refractivity contribution in [2.45, 2.75) is 38.5 Å². The molecule has 1 fully saturated rings. The zero-order valence-electron chi connectivity index (χ0n) is 10.9. The van der Waals surface area contributed by atoms with Gasteiger partial charge in [-0.05, 0) is 45.0 Å². The van der Waals surface area contributed by atoms with E-state index in [1.165, 1.54) is 30.6 Å². The predicted octanol–water partition coefficient (Wildman–Crippen LogP) is 3.10. The van der Waals surface area contributed by atoms with Crippen LogP contribution in [0.4, 0.5) is 0 Å². The molecule has 1 unspecified atom stereocenters. The Labute approximate surface area is 112 Å². The number of likely N-dealkylation sites (tertiary alicyclic amines) is 1. The molecule has 1 saturated heterocycles. The molecule has 0 bridgehead atoms. The van der Waals surface area contributed by atoms with E-state index >= 15 is 0 Å². The Morgan fingerprint density at radius 1 is 1.33 bits per heavy atom. The lowest BCUT2D eigenvalue weighted by atomic mass is 10.1. The molecule has 18 heavy (non-hydrogen) atoms. The van der Waals surface area contributed by atoms with Gasteiger partial charge >= 0.3 is 5.97 Å². The Kier molecular flexibility index (Phi) is 4.78. The van der Waals surface area contributed by atoms with E-state index < -0.39 is 5.97 Å². The highest BCUT2D eigenvalue weighted by atomic mass is 32.1. The number of carboxylic acids is 1. The Hall–Kier alpha value is -0.870. The maximum Gasteiger partial charge on any atom is 0.313 e. The van der Waals surface area contributed by atoms with Crippen LogP contribution in [0.1, 0.15) is 41.4 Å². The summed E-state index contributed by atoms with van der Waals surface area (Å²) < 4.78 is 0. The zero-order valence-corrected chi connectivity index (χ0v) is 11.7. The fourth-order valence-electron chi connectivity index (χ4n) is 2.51. The van der Waals surface area contributed by atoms with Crippen LogP contribution in [0.25, 0.3) is 0 Å². The quantitative estimate of drug-likeness (QED) is 0.911. The third-order valence-corrected chi connectivity index (χ3v) is 4.66. The third-order valence-electron chi connectivity index (χ3n) is 3.54. The van der Waals surface area contributed by atoms with Crippen molar-refractivity contribution in [3.63, 3.8) is 0 Å². The first-order chi connectivity index (χ1) is 8.66. The molecule has 100 valence electrons. The standard InChI is InChI=1S/C14H21NO2S/c1-11-6-7-13(18-11)12(14(16)17)10-15-8-4-2-3-5-9-15/h6-7,12H,2-5,8-10H2,1H3,(H,16,17). The van der Waals surface area contributed by atoms with Crippen LogP contribution in [0, 0.1) is 6.92 Å². The van der Waals surface area contributed by atoms with Crippen molar-refractivity contribution in [1.29, 1.82) is 0 Å². The number of hydrogen-bond acceptors (Lipinski definition) is 3. The van der Waals surface area contributed by atoms with Crippen LogP contribution in [-0.2, 0) is 4.79 Å². The lowest BCUT2D eigenvalue weighted by Crippen LogP contribution is -2.32. The lowest BCUT2D eigenvalue weighted by Gasteiger charge is -2.23. The van der Waals surface area contributed by atoms with Gasteiger partial charge in [-0.15, -0.1) is 11.3 Å². The van der Waals surface area contributed by atoms with Crippen LogP contribution in [0.5, 0.6) is 0 Å². The van der Waals surface area contributed by atoms with Gasteiger partial charge in [-0.25, -0.2) is 0 Å². The second-order valence-electron chi connectivity index (χ2n) is 5.05. The van der Waals surface area contributed by atoms with Crippen LogP contribution < -0.4 is 0 Å². The minimum absolute atomic E-state index is 0.359. The Balaban J connectivity index is 2.04. The number of aliphatic carboxylic acids is 1. The first-order valence-corrected chi connectivity index (χ1v) is 7.50. The van der Waals surface area contributed by atoms with Gasteiger partial charge in [0.2, 0.25) is 0 Å². The molecule has 0 radical (unpaired) electrons. The molecule has 1 aromatic rings. The molecule has 4 heteroatoms. The smallest absolute Gasteiger partial charge is 0.313 e. The molecule has 3 nitrogen and oxygen atoms in total. The number of thiophene rings is 1. The van der Waals surface area contributed by atoms with Gasteiger partial charge in [0.25, 0.3) is 0 Å². The van der Waals surface area contributed by atoms with E-state index in [-0.39, 0.29) is 5.92 Å². The van der Waals surface area contributed by atoms with E-state index in [1.807, 2.05) is 19.1 Å². The number of rotatable bonds is 4. The highest BCUT2D eigenvalue weighted by molar-refractivity contribution is 7.12. The third kappa shape index (κ3) is 3.56. The normalized spacial score (nSPS) is 19.4. The van der Waals surface area contributed by atoms with Crippen LogP contribution in [0.2, 0.25) is 0 Å². The summed E-state index contributed by atoms with van der Waals surface area (Å²) in [6.07, 6.45) is 4.98. The molecule has 0 aliphatic carbocycles. The van der Waals surface area contributed by atoms with E-state index in [1.54, 1.807) is 11.3 Å². The van der Waals surface area contributed by atoms with Crippen molar-refractivity contribution < 1.29 is 9.90 Å². The van der Waals surface area contributed by atoms with Crippen molar-refractivity contribution in [1.82, 2.24) is 4.90 Å². The minimum atomic E-state index is -0.693. The lowest BCUT2D eigenvalue weighted by molar-refractivity contribution is -0.139. The van der Waals surface area contributed by atoms with Crippen LogP contribution in [-0.4, -0.2) is 35.6 Å². The monoisotopic (exact) mass is 267 g/mol. The largest absolute Gasteiger partial charge is 0.481 e. The van der Waals surface area contributed by atoms with E-state index in [2.05, 4.69) is 4.90 Å². The summed E-state index contributed by atoms with van der Waals surface area (Å²) in [5.41, 5.74) is 0. The van der Waals surface area contributed by atoms with E-state index in [0.717, 1.165) is 18.0 Å². The van der Waals surface area contributed by atoms with Gasteiger partial charge in [-0.1, -0.05) is 12.8 Å². The molecule has 1 aromatic heterocycles. The highest BCUT2D eigenvalue weighted by Gasteiger charge is 2.24. The van der Waals surface area contributed by atoms with E-state index in [4.69, 9.17) is 0 Å². The summed E-state index contributed by atoms with van der Waals surface area (Å²) >= 11 is 1.61. The summed E-state index contributed by atoms with van der Waals surface area (Å²) in [7, 11) is 0. The number of nitrogens with zero attached hydrogens (tertiary/aromatic N) is 1. The van der Waals surface area contributed by atoms with Crippen molar-refractivity contribution in [2.75, 3.05) is 19.6 Å². The topological polar surface area (TPSA) is 40.5 Å². The van der Waals surface area contributed by atoms with Gasteiger partial charge in [0, 0.05) is 16.3 Å². The van der Waals surface area contributed by atoms with Gasteiger partial charge < -0.3 is 10.0 Å². The van der Waals surface area contributed by atoms with Crippen molar-refractivity contribution in [3.05, 3.63) is 21.9 Å². The maximum absolute atomic E-state index is 11.4. The molecule has 0 spiro atoms. The number of aryl methyl sites for hydroxylation is 1. The first-order valence-electron chi connectivity index (χ1n) is 6.68. The molecule has 0 amide bonds. The Morgan fingerprint density at radius 3 is 2.50 bits per heavy atom. The fraction of sp³-hybridized carbons (Fsp3) is 0.643. The maximum atomic E-state index is 11.4. The van der Waals surface area contributed by atoms with Gasteiger partial charge in [-0.3, -0.25) is 4.79 Å². The molecule has 1 atom stereocenters. The summed E-state index contributed by atoms with van der Waals surface area (Å²) in [4.78, 5) is 15.9. The molecule has 1 aliphatic heterocycles. The van der Waals surface area contributed by atoms with E-state index in [0.29, 0.717) is 6.54 Å². The van der Waals surface area contributed by atoms with E-state index in [9.17, 15) is 9.90 Å². The molecule has 1 N–H and O–H groups in total. The fourth-order valence-corrected chi connectivity index (χ4v) is 3.47. The average molecular weight is 267 g/mol. The van der Waals surface area contributed by atoms with Gasteiger partial charge in [0.1, 0.15) is 5.92 Å². The van der Waals surface area contributed by atoms with Gasteiger partial charge in [0.15, 0.2) is 0 Å². The Morgan fingerprint density at radius 2 is 2.00 bits per heavy atom. The average Bonchev–Trinajstić information content (AvgIpc) is 2.61. The zero-order chi connectivity index (χ0) is 13.0. The summed E-state index contributed by atoms with van der Waals surface area (Å²) in [5.74, 6) is -1.05. The molecule has 2 rings (SSSR count). The summed E-state index contributed by atoms with van der Waals surface area (Å²) in [6, 6.07) is 3.98. The van der Waals surface area contributed by atoms with Crippen molar-refractivity contribution in [2.24, 2.45) is 0 Å². The molecule has 2 heterocycles. The van der Waals surface area contributed by atoms with Crippen LogP contribution >= 0.6 is 11.3 Å². The number of carbonyl (C=O) groups is 1. The Bertz CT molecular complexity index is 394. The molecular weight excluding hydrogens is 246 g/mol. The SMILES string of the molecule is Cc1ccc(C(CN2CCCCCC2)C(=O)O)s1.